The van der Waals surface area contributed by atoms with E-state index in [0.717, 1.165) is 18.6 Å². The van der Waals surface area contributed by atoms with Crippen molar-refractivity contribution in [2.24, 2.45) is 0 Å². The molecular weight excluding hydrogens is 365 g/mol. The molecule has 0 bridgehead atoms. The zero-order valence-corrected chi connectivity index (χ0v) is 15.5. The number of alkyl halides is 3. The van der Waals surface area contributed by atoms with Crippen molar-refractivity contribution in [3.8, 4) is 0 Å². The number of halogens is 3. The molecule has 0 spiro atoms. The monoisotopic (exact) mass is 384 g/mol. The van der Waals surface area contributed by atoms with Gasteiger partial charge in [-0.25, -0.2) is 4.98 Å². The normalized spacial score (nSPS) is 13.5. The Hall–Kier alpha value is -2.03. The minimum atomic E-state index is -4.38. The largest absolute Gasteiger partial charge is 0.416 e. The van der Waals surface area contributed by atoms with E-state index >= 15 is 0 Å². The molecule has 2 aromatic heterocycles. The van der Waals surface area contributed by atoms with Crippen LogP contribution in [-0.2, 0) is 19.1 Å². The molecule has 0 saturated heterocycles. The Morgan fingerprint density at radius 1 is 1.23 bits per heavy atom. The van der Waals surface area contributed by atoms with Gasteiger partial charge < -0.3 is 9.09 Å². The molecule has 9 heteroatoms. The first-order valence-electron chi connectivity index (χ1n) is 8.40. The molecule has 140 valence electrons. The summed E-state index contributed by atoms with van der Waals surface area (Å²) in [4.78, 5) is 8.83. The number of aromatic nitrogens is 4. The standard InChI is InChI=1S/C17H19F3N4OS/c1-4-8-24-13-9-11(17(18,19)20)6-7-12(13)21-16(24)26-10(3)15-22-14(5-2)23-25-15/h6-7,9-10H,4-5,8H2,1-3H3. The average molecular weight is 384 g/mol. The number of hydrogen-bond donors (Lipinski definition) is 0. The summed E-state index contributed by atoms with van der Waals surface area (Å²) in [6.07, 6.45) is -2.92. The van der Waals surface area contributed by atoms with Crippen LogP contribution in [0, 0.1) is 0 Å². The van der Waals surface area contributed by atoms with Gasteiger partial charge in [-0.15, -0.1) is 0 Å². The molecule has 0 N–H and O–H groups in total. The molecule has 1 unspecified atom stereocenters. The molecule has 0 aliphatic heterocycles. The lowest BCUT2D eigenvalue weighted by Crippen LogP contribution is -2.05. The number of hydrogen-bond acceptors (Lipinski definition) is 5. The number of thioether (sulfide) groups is 1. The minimum absolute atomic E-state index is 0.155. The van der Waals surface area contributed by atoms with Crippen molar-refractivity contribution in [1.29, 1.82) is 0 Å². The van der Waals surface area contributed by atoms with Crippen molar-refractivity contribution < 1.29 is 17.7 Å². The third-order valence-corrected chi connectivity index (χ3v) is 5.00. The Kier molecular flexibility index (Phi) is 5.27. The summed E-state index contributed by atoms with van der Waals surface area (Å²) in [6.45, 7) is 6.40. The van der Waals surface area contributed by atoms with Gasteiger partial charge in [0.05, 0.1) is 21.8 Å². The van der Waals surface area contributed by atoms with Gasteiger partial charge in [0.25, 0.3) is 0 Å². The quantitative estimate of drug-likeness (QED) is 0.542. The van der Waals surface area contributed by atoms with Gasteiger partial charge in [-0.1, -0.05) is 30.8 Å². The maximum Gasteiger partial charge on any atom is 0.416 e. The summed E-state index contributed by atoms with van der Waals surface area (Å²) in [5.74, 6) is 1.11. The van der Waals surface area contributed by atoms with Crippen LogP contribution < -0.4 is 0 Å². The van der Waals surface area contributed by atoms with Gasteiger partial charge in [0.15, 0.2) is 11.0 Å². The molecule has 2 heterocycles. The van der Waals surface area contributed by atoms with Crippen LogP contribution in [0.15, 0.2) is 27.9 Å². The molecule has 3 aromatic rings. The Balaban J connectivity index is 1.97. The SMILES string of the molecule is CCCn1c(SC(C)c2nc(CC)no2)nc2ccc(C(F)(F)F)cc21. The van der Waals surface area contributed by atoms with Gasteiger partial charge in [-0.2, -0.15) is 18.2 Å². The van der Waals surface area contributed by atoms with Crippen LogP contribution in [0.25, 0.3) is 11.0 Å². The highest BCUT2D eigenvalue weighted by Gasteiger charge is 2.31. The van der Waals surface area contributed by atoms with Crippen LogP contribution in [0.1, 0.15) is 49.7 Å². The molecule has 0 aliphatic rings. The molecule has 1 aromatic carbocycles. The lowest BCUT2D eigenvalue weighted by molar-refractivity contribution is -0.137. The predicted molar refractivity (Wildman–Crippen MR) is 93.0 cm³/mol. The number of benzene rings is 1. The molecule has 5 nitrogen and oxygen atoms in total. The van der Waals surface area contributed by atoms with Crippen LogP contribution in [0.4, 0.5) is 13.2 Å². The van der Waals surface area contributed by atoms with Crippen molar-refractivity contribution in [1.82, 2.24) is 19.7 Å². The molecule has 26 heavy (non-hydrogen) atoms. The smallest absolute Gasteiger partial charge is 0.338 e. The fourth-order valence-corrected chi connectivity index (χ4v) is 3.57. The first kappa shape index (κ1) is 18.8. The number of nitrogens with zero attached hydrogens (tertiary/aromatic N) is 4. The third kappa shape index (κ3) is 3.72. The second-order valence-corrected chi connectivity index (χ2v) is 7.22. The Labute approximate surface area is 153 Å². The van der Waals surface area contributed by atoms with Crippen LogP contribution in [0.5, 0.6) is 0 Å². The van der Waals surface area contributed by atoms with E-state index in [1.165, 1.54) is 17.8 Å². The van der Waals surface area contributed by atoms with Crippen LogP contribution in [-0.4, -0.2) is 19.7 Å². The zero-order chi connectivity index (χ0) is 18.9. The lowest BCUT2D eigenvalue weighted by atomic mass is 10.2. The Bertz CT molecular complexity index is 903. The number of aryl methyl sites for hydroxylation is 2. The van der Waals surface area contributed by atoms with Crippen molar-refractivity contribution in [3.63, 3.8) is 0 Å². The third-order valence-electron chi connectivity index (χ3n) is 3.92. The van der Waals surface area contributed by atoms with E-state index in [4.69, 9.17) is 4.52 Å². The van der Waals surface area contributed by atoms with Gasteiger partial charge in [0.2, 0.25) is 5.89 Å². The van der Waals surface area contributed by atoms with E-state index in [-0.39, 0.29) is 5.25 Å². The van der Waals surface area contributed by atoms with Gasteiger partial charge in [-0.05, 0) is 31.5 Å². The highest BCUT2D eigenvalue weighted by Crippen LogP contribution is 2.37. The fraction of sp³-hybridized carbons (Fsp3) is 0.471. The average Bonchev–Trinajstić information content (AvgIpc) is 3.19. The molecule has 0 amide bonds. The Morgan fingerprint density at radius 3 is 2.62 bits per heavy atom. The predicted octanol–water partition coefficient (Wildman–Crippen LogP) is 5.26. The molecule has 0 saturated carbocycles. The molecule has 3 rings (SSSR count). The second-order valence-electron chi connectivity index (χ2n) is 5.91. The fourth-order valence-electron chi connectivity index (χ4n) is 2.59. The topological polar surface area (TPSA) is 56.7 Å². The highest BCUT2D eigenvalue weighted by atomic mass is 32.2. The zero-order valence-electron chi connectivity index (χ0n) is 14.7. The van der Waals surface area contributed by atoms with Crippen LogP contribution in [0.2, 0.25) is 0 Å². The van der Waals surface area contributed by atoms with Gasteiger partial charge in [-0.3, -0.25) is 0 Å². The second kappa shape index (κ2) is 7.30. The summed E-state index contributed by atoms with van der Waals surface area (Å²) in [7, 11) is 0. The van der Waals surface area contributed by atoms with E-state index in [2.05, 4.69) is 15.1 Å². The van der Waals surface area contributed by atoms with Crippen LogP contribution >= 0.6 is 11.8 Å². The summed E-state index contributed by atoms with van der Waals surface area (Å²) < 4.78 is 46.2. The maximum absolute atomic E-state index is 13.0. The molecule has 1 atom stereocenters. The van der Waals surface area contributed by atoms with Crippen molar-refractivity contribution in [3.05, 3.63) is 35.5 Å². The molecule has 0 fully saturated rings. The van der Waals surface area contributed by atoms with Crippen molar-refractivity contribution in [2.45, 2.75) is 56.7 Å². The first-order valence-corrected chi connectivity index (χ1v) is 9.28. The number of fused-ring (bicyclic) bond motifs is 1. The minimum Gasteiger partial charge on any atom is -0.338 e. The number of imidazole rings is 1. The first-order chi connectivity index (χ1) is 12.3. The van der Waals surface area contributed by atoms with Crippen LogP contribution in [0.3, 0.4) is 0 Å². The number of rotatable bonds is 6. The summed E-state index contributed by atoms with van der Waals surface area (Å²) in [5, 5.41) is 4.37. The summed E-state index contributed by atoms with van der Waals surface area (Å²) in [6, 6.07) is 3.64. The van der Waals surface area contributed by atoms with E-state index in [1.807, 2.05) is 25.3 Å². The van der Waals surface area contributed by atoms with Crippen molar-refractivity contribution >= 4 is 22.8 Å². The van der Waals surface area contributed by atoms with Crippen molar-refractivity contribution in [2.75, 3.05) is 0 Å². The molecule has 0 aliphatic carbocycles. The van der Waals surface area contributed by atoms with E-state index in [1.54, 1.807) is 0 Å². The molecule has 0 radical (unpaired) electrons. The maximum atomic E-state index is 13.0. The summed E-state index contributed by atoms with van der Waals surface area (Å²) >= 11 is 1.40. The lowest BCUT2D eigenvalue weighted by Gasteiger charge is -2.11. The van der Waals surface area contributed by atoms with Gasteiger partial charge in [0, 0.05) is 13.0 Å². The summed E-state index contributed by atoms with van der Waals surface area (Å²) in [5.41, 5.74) is 0.355. The van der Waals surface area contributed by atoms with E-state index in [0.29, 0.717) is 40.9 Å². The van der Waals surface area contributed by atoms with Gasteiger partial charge >= 0.3 is 6.18 Å². The van der Waals surface area contributed by atoms with E-state index in [9.17, 15) is 13.2 Å². The molecular formula is C17H19F3N4OS. The Morgan fingerprint density at radius 2 is 2.00 bits per heavy atom. The highest BCUT2D eigenvalue weighted by molar-refractivity contribution is 7.99. The van der Waals surface area contributed by atoms with E-state index < -0.39 is 11.7 Å². The van der Waals surface area contributed by atoms with Gasteiger partial charge in [0.1, 0.15) is 0 Å².